The van der Waals surface area contributed by atoms with E-state index in [1.165, 1.54) is 14.2 Å². The zero-order valence-corrected chi connectivity index (χ0v) is 9.44. The smallest absolute Gasteiger partial charge is 0.322 e. The van der Waals surface area contributed by atoms with Crippen LogP contribution in [0.1, 0.15) is 12.7 Å². The normalized spacial score (nSPS) is 12.3. The molecule has 0 aromatic carbocycles. The molecule has 15 heavy (non-hydrogen) atoms. The van der Waals surface area contributed by atoms with Gasteiger partial charge in [0.05, 0.1) is 14.2 Å². The molecule has 0 aliphatic rings. The van der Waals surface area contributed by atoms with Gasteiger partial charge in [-0.2, -0.15) is 9.97 Å². The van der Waals surface area contributed by atoms with Crippen LogP contribution in [0.5, 0.6) is 12.0 Å². The molecule has 1 rings (SSSR count). The van der Waals surface area contributed by atoms with Crippen molar-refractivity contribution in [1.82, 2.24) is 20.3 Å². The maximum absolute atomic E-state index is 4.95. The topological polar surface area (TPSA) is 69.2 Å². The Morgan fingerprint density at radius 3 is 2.07 bits per heavy atom. The summed E-state index contributed by atoms with van der Waals surface area (Å²) in [7, 11) is 4.92. The van der Waals surface area contributed by atoms with Gasteiger partial charge in [-0.3, -0.25) is 0 Å². The lowest BCUT2D eigenvalue weighted by atomic mass is 10.2. The predicted molar refractivity (Wildman–Crippen MR) is 55.2 cm³/mol. The van der Waals surface area contributed by atoms with Crippen molar-refractivity contribution in [2.45, 2.75) is 19.4 Å². The quantitative estimate of drug-likeness (QED) is 0.743. The zero-order chi connectivity index (χ0) is 11.3. The Balaban J connectivity index is 2.86. The molecule has 1 aromatic heterocycles. The fourth-order valence-electron chi connectivity index (χ4n) is 1.03. The molecule has 6 nitrogen and oxygen atoms in total. The van der Waals surface area contributed by atoms with E-state index in [9.17, 15) is 0 Å². The van der Waals surface area contributed by atoms with Crippen LogP contribution < -0.4 is 14.8 Å². The summed E-state index contributed by atoms with van der Waals surface area (Å²) in [5, 5.41) is 3.11. The van der Waals surface area contributed by atoms with Crippen molar-refractivity contribution in [2.75, 3.05) is 21.3 Å². The average molecular weight is 212 g/mol. The molecule has 0 saturated carbocycles. The first-order valence-corrected chi connectivity index (χ1v) is 4.69. The van der Waals surface area contributed by atoms with E-state index in [4.69, 9.17) is 9.47 Å². The second kappa shape index (κ2) is 5.45. The van der Waals surface area contributed by atoms with Gasteiger partial charge in [0.25, 0.3) is 0 Å². The van der Waals surface area contributed by atoms with Gasteiger partial charge in [0.1, 0.15) is 5.82 Å². The number of rotatable bonds is 5. The third-order valence-corrected chi connectivity index (χ3v) is 1.99. The second-order valence-electron chi connectivity index (χ2n) is 3.12. The van der Waals surface area contributed by atoms with Crippen LogP contribution in [0.3, 0.4) is 0 Å². The Hall–Kier alpha value is -1.43. The lowest BCUT2D eigenvalue weighted by molar-refractivity contribution is 0.335. The highest BCUT2D eigenvalue weighted by Gasteiger charge is 2.09. The Bertz CT molecular complexity index is 297. The molecule has 1 unspecified atom stereocenters. The van der Waals surface area contributed by atoms with E-state index >= 15 is 0 Å². The van der Waals surface area contributed by atoms with Gasteiger partial charge >= 0.3 is 12.0 Å². The minimum atomic E-state index is 0.278. The van der Waals surface area contributed by atoms with E-state index in [0.717, 1.165) is 0 Å². The molecular weight excluding hydrogens is 196 g/mol. The van der Waals surface area contributed by atoms with E-state index in [-0.39, 0.29) is 12.0 Å². The molecule has 1 atom stereocenters. The Labute approximate surface area is 89.1 Å². The van der Waals surface area contributed by atoms with Crippen molar-refractivity contribution in [2.24, 2.45) is 0 Å². The SMILES string of the molecule is CNC(C)Cc1nc(OC)nc(OC)n1. The Morgan fingerprint density at radius 2 is 1.67 bits per heavy atom. The highest BCUT2D eigenvalue weighted by molar-refractivity contribution is 5.06. The van der Waals surface area contributed by atoms with Gasteiger partial charge in [-0.1, -0.05) is 0 Å². The minimum absolute atomic E-state index is 0.278. The lowest BCUT2D eigenvalue weighted by Gasteiger charge is -2.09. The maximum Gasteiger partial charge on any atom is 0.322 e. The molecule has 0 bridgehead atoms. The summed E-state index contributed by atoms with van der Waals surface area (Å²) >= 11 is 0. The number of methoxy groups -OCH3 is 2. The van der Waals surface area contributed by atoms with Crippen LogP contribution in [-0.2, 0) is 6.42 Å². The summed E-state index contributed by atoms with van der Waals surface area (Å²) < 4.78 is 9.90. The molecule has 1 aromatic rings. The van der Waals surface area contributed by atoms with Crippen LogP contribution in [0.15, 0.2) is 0 Å². The Morgan fingerprint density at radius 1 is 1.13 bits per heavy atom. The number of likely N-dealkylation sites (N-methyl/N-ethyl adjacent to an activating group) is 1. The van der Waals surface area contributed by atoms with Crippen LogP contribution in [-0.4, -0.2) is 42.3 Å². The van der Waals surface area contributed by atoms with Gasteiger partial charge in [-0.25, -0.2) is 0 Å². The number of aromatic nitrogens is 3. The van der Waals surface area contributed by atoms with Crippen molar-refractivity contribution in [3.8, 4) is 12.0 Å². The summed E-state index contributed by atoms with van der Waals surface area (Å²) in [5.74, 6) is 0.653. The molecule has 0 aliphatic heterocycles. The minimum Gasteiger partial charge on any atom is -0.467 e. The molecule has 1 N–H and O–H groups in total. The first kappa shape index (κ1) is 11.6. The molecule has 0 radical (unpaired) electrons. The molecule has 0 saturated heterocycles. The van der Waals surface area contributed by atoms with Crippen LogP contribution in [0.2, 0.25) is 0 Å². The highest BCUT2D eigenvalue weighted by Crippen LogP contribution is 2.09. The van der Waals surface area contributed by atoms with Crippen molar-refractivity contribution in [1.29, 1.82) is 0 Å². The summed E-state index contributed by atoms with van der Waals surface area (Å²) in [6.45, 7) is 2.04. The van der Waals surface area contributed by atoms with Gasteiger partial charge in [-0.05, 0) is 14.0 Å². The van der Waals surface area contributed by atoms with E-state index in [1.807, 2.05) is 14.0 Å². The molecular formula is C9H16N4O2. The van der Waals surface area contributed by atoms with Crippen LogP contribution >= 0.6 is 0 Å². The maximum atomic E-state index is 4.95. The van der Waals surface area contributed by atoms with E-state index < -0.39 is 0 Å². The van der Waals surface area contributed by atoms with Crippen molar-refractivity contribution >= 4 is 0 Å². The molecule has 0 fully saturated rings. The lowest BCUT2D eigenvalue weighted by Crippen LogP contribution is -2.24. The number of hydrogen-bond acceptors (Lipinski definition) is 6. The first-order chi connectivity index (χ1) is 7.19. The summed E-state index contributed by atoms with van der Waals surface area (Å²) in [4.78, 5) is 12.2. The first-order valence-electron chi connectivity index (χ1n) is 4.69. The second-order valence-corrected chi connectivity index (χ2v) is 3.12. The van der Waals surface area contributed by atoms with Crippen LogP contribution in [0.4, 0.5) is 0 Å². The average Bonchev–Trinajstić information content (AvgIpc) is 2.28. The summed E-state index contributed by atoms with van der Waals surface area (Å²) in [6.07, 6.45) is 0.700. The molecule has 0 spiro atoms. The van der Waals surface area contributed by atoms with Gasteiger partial charge in [-0.15, -0.1) is 4.98 Å². The molecule has 1 heterocycles. The largest absolute Gasteiger partial charge is 0.467 e. The Kier molecular flexibility index (Phi) is 4.23. The summed E-state index contributed by atoms with van der Waals surface area (Å²) in [5.41, 5.74) is 0. The van der Waals surface area contributed by atoms with Gasteiger partial charge in [0.15, 0.2) is 0 Å². The number of ether oxygens (including phenoxy) is 2. The van der Waals surface area contributed by atoms with E-state index in [2.05, 4.69) is 20.3 Å². The predicted octanol–water partition coefficient (Wildman–Crippen LogP) is 0.0392. The standard InChI is InChI=1S/C9H16N4O2/c1-6(10-2)5-7-11-8(14-3)13-9(12-7)15-4/h6,10H,5H2,1-4H3. The van der Waals surface area contributed by atoms with Gasteiger partial charge in [0.2, 0.25) is 0 Å². The van der Waals surface area contributed by atoms with Crippen molar-refractivity contribution < 1.29 is 9.47 Å². The third kappa shape index (κ3) is 3.32. The number of nitrogens with one attached hydrogen (secondary N) is 1. The van der Waals surface area contributed by atoms with Crippen LogP contribution in [0.25, 0.3) is 0 Å². The van der Waals surface area contributed by atoms with E-state index in [0.29, 0.717) is 18.3 Å². The monoisotopic (exact) mass is 212 g/mol. The zero-order valence-electron chi connectivity index (χ0n) is 9.44. The van der Waals surface area contributed by atoms with E-state index in [1.54, 1.807) is 0 Å². The fourth-order valence-corrected chi connectivity index (χ4v) is 1.03. The van der Waals surface area contributed by atoms with Gasteiger partial charge < -0.3 is 14.8 Å². The molecule has 6 heteroatoms. The third-order valence-electron chi connectivity index (χ3n) is 1.99. The highest BCUT2D eigenvalue weighted by atomic mass is 16.5. The van der Waals surface area contributed by atoms with Crippen molar-refractivity contribution in [3.05, 3.63) is 5.82 Å². The molecule has 84 valence electrons. The number of hydrogen-bond donors (Lipinski definition) is 1. The number of nitrogens with zero attached hydrogens (tertiary/aromatic N) is 3. The summed E-state index contributed by atoms with van der Waals surface area (Å²) in [6, 6.07) is 0.849. The fraction of sp³-hybridized carbons (Fsp3) is 0.667. The molecule has 0 amide bonds. The van der Waals surface area contributed by atoms with Crippen molar-refractivity contribution in [3.63, 3.8) is 0 Å². The van der Waals surface area contributed by atoms with Crippen LogP contribution in [0, 0.1) is 0 Å². The van der Waals surface area contributed by atoms with Gasteiger partial charge in [0, 0.05) is 12.5 Å². The molecule has 0 aliphatic carbocycles.